The van der Waals surface area contributed by atoms with Crippen molar-refractivity contribution in [1.82, 2.24) is 4.90 Å². The van der Waals surface area contributed by atoms with Crippen LogP contribution in [-0.4, -0.2) is 43.6 Å². The number of amides is 1. The van der Waals surface area contributed by atoms with Crippen molar-refractivity contribution in [3.8, 4) is 0 Å². The van der Waals surface area contributed by atoms with Crippen molar-refractivity contribution in [3.63, 3.8) is 0 Å². The number of hydrogen-bond acceptors (Lipinski definition) is 3. The van der Waals surface area contributed by atoms with Crippen LogP contribution in [-0.2, 0) is 9.16 Å². The SMILES string of the molecule is C=CC[C@H]1C[C@@H](CO[Si](C)(C)C(C)(C)C)N1C(=O)OC(C)(C)C. The first-order valence-corrected chi connectivity index (χ1v) is 11.5. The number of carbonyl (C=O) groups is 1. The van der Waals surface area contributed by atoms with E-state index in [1.807, 2.05) is 31.7 Å². The Hall–Kier alpha value is -0.813. The Morgan fingerprint density at radius 3 is 2.22 bits per heavy atom. The summed E-state index contributed by atoms with van der Waals surface area (Å²) in [6.45, 7) is 21.2. The van der Waals surface area contributed by atoms with Gasteiger partial charge in [-0.3, -0.25) is 4.90 Å². The summed E-state index contributed by atoms with van der Waals surface area (Å²) in [5.74, 6) is 0. The quantitative estimate of drug-likeness (QED) is 0.524. The van der Waals surface area contributed by atoms with E-state index in [4.69, 9.17) is 9.16 Å². The number of ether oxygens (including phenoxy) is 1. The number of nitrogens with zero attached hydrogens (tertiary/aromatic N) is 1. The lowest BCUT2D eigenvalue weighted by molar-refractivity contribution is -0.0427. The predicted molar refractivity (Wildman–Crippen MR) is 98.2 cm³/mol. The van der Waals surface area contributed by atoms with E-state index >= 15 is 0 Å². The Kier molecular flexibility index (Phi) is 6.13. The second kappa shape index (κ2) is 6.97. The van der Waals surface area contributed by atoms with Gasteiger partial charge in [0.15, 0.2) is 8.32 Å². The first kappa shape index (κ1) is 20.2. The van der Waals surface area contributed by atoms with Gasteiger partial charge in [0.2, 0.25) is 0 Å². The molecule has 0 radical (unpaired) electrons. The minimum Gasteiger partial charge on any atom is -0.444 e. The molecule has 2 atom stereocenters. The van der Waals surface area contributed by atoms with Gasteiger partial charge in [0.05, 0.1) is 12.6 Å². The molecule has 1 aliphatic rings. The Morgan fingerprint density at radius 1 is 1.22 bits per heavy atom. The second-order valence-corrected chi connectivity index (χ2v) is 13.8. The fourth-order valence-corrected chi connectivity index (χ4v) is 3.43. The molecule has 0 bridgehead atoms. The topological polar surface area (TPSA) is 38.8 Å². The van der Waals surface area contributed by atoms with Crippen LogP contribution in [0.15, 0.2) is 12.7 Å². The zero-order valence-corrected chi connectivity index (χ0v) is 17.2. The van der Waals surface area contributed by atoms with Gasteiger partial charge in [0.1, 0.15) is 5.60 Å². The molecule has 0 aromatic carbocycles. The largest absolute Gasteiger partial charge is 0.444 e. The first-order chi connectivity index (χ1) is 10.3. The molecule has 0 saturated carbocycles. The van der Waals surface area contributed by atoms with E-state index in [-0.39, 0.29) is 23.2 Å². The van der Waals surface area contributed by atoms with Crippen LogP contribution in [0.1, 0.15) is 54.4 Å². The lowest BCUT2D eigenvalue weighted by atomic mass is 9.91. The highest BCUT2D eigenvalue weighted by Crippen LogP contribution is 2.38. The maximum Gasteiger partial charge on any atom is 0.410 e. The van der Waals surface area contributed by atoms with E-state index in [0.717, 1.165) is 12.8 Å². The number of hydrogen-bond donors (Lipinski definition) is 0. The molecule has 4 nitrogen and oxygen atoms in total. The second-order valence-electron chi connectivity index (χ2n) is 9.03. The van der Waals surface area contributed by atoms with Gasteiger partial charge >= 0.3 is 6.09 Å². The Labute approximate surface area is 143 Å². The summed E-state index contributed by atoms with van der Waals surface area (Å²) in [5, 5.41) is 0.175. The van der Waals surface area contributed by atoms with E-state index in [1.54, 1.807) is 0 Å². The summed E-state index contributed by atoms with van der Waals surface area (Å²) < 4.78 is 11.9. The van der Waals surface area contributed by atoms with Crippen molar-refractivity contribution >= 4 is 14.4 Å². The Bertz CT molecular complexity index is 435. The fourth-order valence-electron chi connectivity index (χ4n) is 2.39. The van der Waals surface area contributed by atoms with E-state index in [1.165, 1.54) is 0 Å². The molecule has 1 aliphatic heterocycles. The number of likely N-dealkylation sites (tertiary alicyclic amines) is 1. The van der Waals surface area contributed by atoms with Crippen LogP contribution in [0.5, 0.6) is 0 Å². The smallest absolute Gasteiger partial charge is 0.410 e. The van der Waals surface area contributed by atoms with Crippen molar-refractivity contribution in [2.75, 3.05) is 6.61 Å². The van der Waals surface area contributed by atoms with Gasteiger partial charge in [0.25, 0.3) is 0 Å². The minimum atomic E-state index is -1.80. The van der Waals surface area contributed by atoms with Crippen molar-refractivity contribution in [2.45, 2.75) is 90.2 Å². The standard InChI is InChI=1S/C18H35NO3Si/c1-10-11-14-12-15(13-21-23(8,9)18(5,6)7)19(14)16(20)22-17(2,3)4/h10,14-15H,1,11-13H2,2-9H3/t14-,15-/m0/s1. The van der Waals surface area contributed by atoms with Gasteiger partial charge < -0.3 is 9.16 Å². The molecule has 1 fully saturated rings. The molecule has 0 unspecified atom stereocenters. The van der Waals surface area contributed by atoms with E-state index in [9.17, 15) is 4.79 Å². The van der Waals surface area contributed by atoms with Gasteiger partial charge in [-0.2, -0.15) is 0 Å². The molecule has 1 amide bonds. The molecule has 0 aromatic heterocycles. The van der Waals surface area contributed by atoms with Crippen LogP contribution in [0.4, 0.5) is 4.79 Å². The van der Waals surface area contributed by atoms with Crippen LogP contribution in [0.2, 0.25) is 18.1 Å². The normalized spacial score (nSPS) is 22.5. The summed E-state index contributed by atoms with van der Waals surface area (Å²) in [7, 11) is -1.80. The molecule has 1 saturated heterocycles. The molecule has 0 N–H and O–H groups in total. The molecule has 23 heavy (non-hydrogen) atoms. The van der Waals surface area contributed by atoms with Crippen LogP contribution in [0.25, 0.3) is 0 Å². The summed E-state index contributed by atoms with van der Waals surface area (Å²) in [6, 6.07) is 0.305. The number of rotatable bonds is 5. The zero-order valence-electron chi connectivity index (χ0n) is 16.2. The predicted octanol–water partition coefficient (Wildman–Crippen LogP) is 4.96. The third-order valence-electron chi connectivity index (χ3n) is 4.82. The molecule has 134 valence electrons. The van der Waals surface area contributed by atoms with Crippen LogP contribution in [0.3, 0.4) is 0 Å². The maximum atomic E-state index is 12.5. The van der Waals surface area contributed by atoms with Gasteiger partial charge in [-0.05, 0) is 51.7 Å². The third kappa shape index (κ3) is 5.35. The van der Waals surface area contributed by atoms with Crippen molar-refractivity contribution < 1.29 is 14.0 Å². The van der Waals surface area contributed by atoms with Gasteiger partial charge in [-0.15, -0.1) is 6.58 Å². The molecule has 0 spiro atoms. The maximum absolute atomic E-state index is 12.5. The van der Waals surface area contributed by atoms with Gasteiger partial charge in [-0.25, -0.2) is 4.79 Å². The highest BCUT2D eigenvalue weighted by Gasteiger charge is 2.45. The molecular formula is C18H35NO3Si. The summed E-state index contributed by atoms with van der Waals surface area (Å²) in [4.78, 5) is 14.3. The van der Waals surface area contributed by atoms with Crippen LogP contribution in [0, 0.1) is 0 Å². The summed E-state index contributed by atoms with van der Waals surface area (Å²) in [6.07, 6.45) is 3.39. The zero-order chi connectivity index (χ0) is 18.1. The monoisotopic (exact) mass is 341 g/mol. The molecule has 0 aromatic rings. The minimum absolute atomic E-state index is 0.115. The van der Waals surface area contributed by atoms with Gasteiger partial charge in [-0.1, -0.05) is 26.8 Å². The lowest BCUT2D eigenvalue weighted by Crippen LogP contribution is -2.62. The highest BCUT2D eigenvalue weighted by atomic mass is 28.4. The summed E-state index contributed by atoms with van der Waals surface area (Å²) in [5.41, 5.74) is -0.476. The lowest BCUT2D eigenvalue weighted by Gasteiger charge is -2.49. The first-order valence-electron chi connectivity index (χ1n) is 8.54. The highest BCUT2D eigenvalue weighted by molar-refractivity contribution is 6.74. The van der Waals surface area contributed by atoms with Crippen LogP contribution >= 0.6 is 0 Å². The number of carbonyl (C=O) groups excluding carboxylic acids is 1. The molecule has 1 heterocycles. The third-order valence-corrected chi connectivity index (χ3v) is 9.32. The molecule has 1 rings (SSSR count). The average Bonchev–Trinajstić information content (AvgIpc) is 2.28. The van der Waals surface area contributed by atoms with E-state index < -0.39 is 13.9 Å². The van der Waals surface area contributed by atoms with Crippen molar-refractivity contribution in [3.05, 3.63) is 12.7 Å². The average molecular weight is 342 g/mol. The van der Waals surface area contributed by atoms with Gasteiger partial charge in [0, 0.05) is 6.04 Å². The van der Waals surface area contributed by atoms with Crippen molar-refractivity contribution in [1.29, 1.82) is 0 Å². The van der Waals surface area contributed by atoms with Crippen LogP contribution < -0.4 is 0 Å². The fraction of sp³-hybridized carbons (Fsp3) is 0.833. The Balaban J connectivity index is 2.71. The van der Waals surface area contributed by atoms with E-state index in [0.29, 0.717) is 6.61 Å². The summed E-state index contributed by atoms with van der Waals surface area (Å²) >= 11 is 0. The Morgan fingerprint density at radius 2 is 1.78 bits per heavy atom. The molecule has 0 aliphatic carbocycles. The van der Waals surface area contributed by atoms with E-state index in [2.05, 4.69) is 40.4 Å². The molecular weight excluding hydrogens is 306 g/mol. The molecule has 5 heteroatoms. The van der Waals surface area contributed by atoms with Crippen molar-refractivity contribution in [2.24, 2.45) is 0 Å².